The lowest BCUT2D eigenvalue weighted by molar-refractivity contribution is -0.147. The third-order valence-electron chi connectivity index (χ3n) is 6.74. The first kappa shape index (κ1) is 24.5. The van der Waals surface area contributed by atoms with Gasteiger partial charge in [0.15, 0.2) is 17.3 Å². The molecule has 0 saturated carbocycles. The molecular formula is C26H22F3N3O5. The maximum absolute atomic E-state index is 15.3. The number of rotatable bonds is 6. The minimum Gasteiger partial charge on any atom is -0.451 e. The molecule has 0 aliphatic carbocycles. The molecule has 0 bridgehead atoms. The largest absolute Gasteiger partial charge is 0.451 e. The van der Waals surface area contributed by atoms with Crippen molar-refractivity contribution in [2.45, 2.75) is 37.8 Å². The predicted molar refractivity (Wildman–Crippen MR) is 123 cm³/mol. The average molecular weight is 513 g/mol. The summed E-state index contributed by atoms with van der Waals surface area (Å²) in [6, 6.07) is 7.91. The molecule has 1 amide bonds. The van der Waals surface area contributed by atoms with E-state index in [0.29, 0.717) is 24.9 Å². The number of hydrogen-bond donors (Lipinski definition) is 0. The van der Waals surface area contributed by atoms with Crippen LogP contribution >= 0.6 is 0 Å². The number of fused-ring (bicyclic) bond motifs is 2. The lowest BCUT2D eigenvalue weighted by Crippen LogP contribution is -2.51. The van der Waals surface area contributed by atoms with Gasteiger partial charge in [-0.05, 0) is 36.6 Å². The van der Waals surface area contributed by atoms with Crippen LogP contribution in [0.3, 0.4) is 0 Å². The van der Waals surface area contributed by atoms with Gasteiger partial charge < -0.3 is 14.4 Å². The van der Waals surface area contributed by atoms with E-state index in [4.69, 9.17) is 9.47 Å². The molecular weight excluding hydrogens is 491 g/mol. The standard InChI is InChI=1S/C26H22F3N3O5/c1-14(33)36-13-37-25-20(34)12-30-32-23(19-9-4-10-31(19)26(35)24(25)32)21(15-5-2-6-16(27)11-15)17-7-3-8-18(28)22(17)29/h2-3,5-8,11-12,19,21,23H,4,9-10,13H2,1H3/t19-,21-,23-/m1/s1. The summed E-state index contributed by atoms with van der Waals surface area (Å²) in [5.41, 5.74) is -0.640. The van der Waals surface area contributed by atoms with E-state index in [2.05, 4.69) is 5.10 Å². The van der Waals surface area contributed by atoms with Gasteiger partial charge >= 0.3 is 5.97 Å². The number of esters is 1. The molecule has 5 rings (SSSR count). The number of carbonyl (C=O) groups excluding carboxylic acids is 2. The molecule has 3 aromatic rings. The number of nitrogens with zero attached hydrogens (tertiary/aromatic N) is 3. The van der Waals surface area contributed by atoms with Crippen molar-refractivity contribution in [2.24, 2.45) is 0 Å². The number of hydrogen-bond acceptors (Lipinski definition) is 6. The fraction of sp³-hybridized carbons (Fsp3) is 0.308. The monoisotopic (exact) mass is 513 g/mol. The SMILES string of the molecule is CC(=O)OCOc1c2n(ncc1=O)[C@@H]([C@H](c1cccc(F)c1)c1cccc(F)c1F)[C@H]1CCCN1C2=O. The number of halogens is 3. The zero-order valence-electron chi connectivity index (χ0n) is 19.7. The summed E-state index contributed by atoms with van der Waals surface area (Å²) in [5.74, 6) is -5.30. The molecule has 1 saturated heterocycles. The number of ether oxygens (including phenoxy) is 2. The summed E-state index contributed by atoms with van der Waals surface area (Å²) < 4.78 is 55.5. The Morgan fingerprint density at radius 3 is 2.70 bits per heavy atom. The van der Waals surface area contributed by atoms with Gasteiger partial charge in [0, 0.05) is 24.9 Å². The molecule has 192 valence electrons. The highest BCUT2D eigenvalue weighted by Gasteiger charge is 2.49. The fourth-order valence-corrected chi connectivity index (χ4v) is 5.27. The Kier molecular flexibility index (Phi) is 6.45. The quantitative estimate of drug-likeness (QED) is 0.370. The van der Waals surface area contributed by atoms with Crippen molar-refractivity contribution < 1.29 is 32.2 Å². The molecule has 8 nitrogen and oxygen atoms in total. The first-order chi connectivity index (χ1) is 17.8. The molecule has 0 spiro atoms. The highest BCUT2D eigenvalue weighted by Crippen LogP contribution is 2.46. The number of aromatic nitrogens is 2. The van der Waals surface area contributed by atoms with Gasteiger partial charge in [-0.2, -0.15) is 5.10 Å². The third-order valence-corrected chi connectivity index (χ3v) is 6.74. The van der Waals surface area contributed by atoms with Crippen LogP contribution in [-0.4, -0.2) is 45.9 Å². The molecule has 1 aromatic heterocycles. The van der Waals surface area contributed by atoms with Crippen LogP contribution in [0.15, 0.2) is 53.5 Å². The molecule has 2 aromatic carbocycles. The molecule has 11 heteroatoms. The Morgan fingerprint density at radius 1 is 1.16 bits per heavy atom. The maximum Gasteiger partial charge on any atom is 0.305 e. The van der Waals surface area contributed by atoms with Gasteiger partial charge in [-0.3, -0.25) is 19.1 Å². The molecule has 3 atom stereocenters. The minimum absolute atomic E-state index is 0.0503. The van der Waals surface area contributed by atoms with Crippen molar-refractivity contribution in [2.75, 3.05) is 13.3 Å². The Hall–Kier alpha value is -4.15. The third kappa shape index (κ3) is 4.34. The minimum atomic E-state index is -1.10. The van der Waals surface area contributed by atoms with Crippen LogP contribution in [-0.2, 0) is 9.53 Å². The number of amides is 1. The lowest BCUT2D eigenvalue weighted by atomic mass is 9.79. The predicted octanol–water partition coefficient (Wildman–Crippen LogP) is 3.55. The van der Waals surface area contributed by atoms with Gasteiger partial charge in [0.2, 0.25) is 18.0 Å². The van der Waals surface area contributed by atoms with Crippen molar-refractivity contribution in [1.29, 1.82) is 0 Å². The van der Waals surface area contributed by atoms with E-state index in [1.165, 1.54) is 35.0 Å². The fourth-order valence-electron chi connectivity index (χ4n) is 5.27. The lowest BCUT2D eigenvalue weighted by Gasteiger charge is -2.42. The van der Waals surface area contributed by atoms with Gasteiger partial charge in [0.1, 0.15) is 5.82 Å². The molecule has 3 heterocycles. The summed E-state index contributed by atoms with van der Waals surface area (Å²) in [4.78, 5) is 39.0. The van der Waals surface area contributed by atoms with Crippen LogP contribution < -0.4 is 10.2 Å². The number of carbonyl (C=O) groups is 2. The van der Waals surface area contributed by atoms with Crippen molar-refractivity contribution >= 4 is 11.9 Å². The van der Waals surface area contributed by atoms with Crippen LogP contribution in [0.5, 0.6) is 5.75 Å². The Bertz CT molecular complexity index is 1440. The van der Waals surface area contributed by atoms with Crippen LogP contribution in [0.1, 0.15) is 53.3 Å². The topological polar surface area (TPSA) is 90.7 Å². The van der Waals surface area contributed by atoms with Crippen LogP contribution in [0.25, 0.3) is 0 Å². The van der Waals surface area contributed by atoms with Gasteiger partial charge in [-0.15, -0.1) is 0 Å². The van der Waals surface area contributed by atoms with Crippen molar-refractivity contribution in [3.05, 3.63) is 93.2 Å². The smallest absolute Gasteiger partial charge is 0.305 e. The summed E-state index contributed by atoms with van der Waals surface area (Å²) in [7, 11) is 0. The highest BCUT2D eigenvalue weighted by molar-refractivity contribution is 5.96. The Labute approximate surface area is 209 Å². The van der Waals surface area contributed by atoms with Crippen LogP contribution in [0, 0.1) is 17.5 Å². The molecule has 1 fully saturated rings. The molecule has 37 heavy (non-hydrogen) atoms. The van der Waals surface area contributed by atoms with Gasteiger partial charge in [-0.1, -0.05) is 24.3 Å². The van der Waals surface area contributed by atoms with Crippen molar-refractivity contribution in [3.63, 3.8) is 0 Å². The molecule has 0 radical (unpaired) electrons. The van der Waals surface area contributed by atoms with Gasteiger partial charge in [-0.25, -0.2) is 13.2 Å². The van der Waals surface area contributed by atoms with E-state index in [0.717, 1.165) is 19.2 Å². The Morgan fingerprint density at radius 2 is 1.95 bits per heavy atom. The van der Waals surface area contributed by atoms with Crippen LogP contribution in [0.2, 0.25) is 0 Å². The zero-order valence-corrected chi connectivity index (χ0v) is 19.7. The summed E-state index contributed by atoms with van der Waals surface area (Å²) in [5, 5.41) is 4.22. The van der Waals surface area contributed by atoms with Crippen molar-refractivity contribution in [3.8, 4) is 5.75 Å². The molecule has 2 aliphatic heterocycles. The normalized spacial score (nSPS) is 19.2. The second-order valence-electron chi connectivity index (χ2n) is 8.90. The first-order valence-corrected chi connectivity index (χ1v) is 11.7. The maximum atomic E-state index is 15.3. The first-order valence-electron chi connectivity index (χ1n) is 11.7. The highest BCUT2D eigenvalue weighted by atomic mass is 19.2. The average Bonchev–Trinajstić information content (AvgIpc) is 3.35. The van der Waals surface area contributed by atoms with Crippen molar-refractivity contribution in [1.82, 2.24) is 14.7 Å². The van der Waals surface area contributed by atoms with E-state index >= 15 is 4.39 Å². The number of benzene rings is 2. The van der Waals surface area contributed by atoms with Gasteiger partial charge in [0.05, 0.1) is 18.3 Å². The van der Waals surface area contributed by atoms with Crippen LogP contribution in [0.4, 0.5) is 13.2 Å². The van der Waals surface area contributed by atoms with E-state index in [9.17, 15) is 23.2 Å². The van der Waals surface area contributed by atoms with E-state index < -0.39 is 59.6 Å². The molecule has 0 N–H and O–H groups in total. The molecule has 2 aliphatic rings. The van der Waals surface area contributed by atoms with E-state index in [-0.39, 0.29) is 17.0 Å². The summed E-state index contributed by atoms with van der Waals surface area (Å²) in [6.45, 7) is 0.897. The zero-order chi connectivity index (χ0) is 26.3. The second-order valence-corrected chi connectivity index (χ2v) is 8.90. The summed E-state index contributed by atoms with van der Waals surface area (Å²) >= 11 is 0. The van der Waals surface area contributed by atoms with E-state index in [1.54, 1.807) is 11.0 Å². The molecule has 0 unspecified atom stereocenters. The Balaban J connectivity index is 1.75. The summed E-state index contributed by atoms with van der Waals surface area (Å²) in [6.07, 6.45) is 2.09. The van der Waals surface area contributed by atoms with E-state index in [1.807, 2.05) is 0 Å². The second kappa shape index (κ2) is 9.72. The van der Waals surface area contributed by atoms with Gasteiger partial charge in [0.25, 0.3) is 5.91 Å².